The van der Waals surface area contributed by atoms with E-state index < -0.39 is 0 Å². The van der Waals surface area contributed by atoms with Gasteiger partial charge in [0.1, 0.15) is 0 Å². The van der Waals surface area contributed by atoms with Crippen LogP contribution < -0.4 is 21.3 Å². The Labute approximate surface area is 221 Å². The van der Waals surface area contributed by atoms with Crippen molar-refractivity contribution < 1.29 is 0 Å². The van der Waals surface area contributed by atoms with Crippen molar-refractivity contribution >= 4 is 95.6 Å². The molecule has 0 atom stereocenters. The second-order valence-electron chi connectivity index (χ2n) is 6.51. The molecule has 180 valence electrons. The van der Waals surface area contributed by atoms with Gasteiger partial charge in [0, 0.05) is 65.4 Å². The monoisotopic (exact) mass is 552 g/mol. The maximum absolute atomic E-state index is 6.58. The van der Waals surface area contributed by atoms with Crippen molar-refractivity contribution in [3.05, 3.63) is 45.4 Å². The lowest BCUT2D eigenvalue weighted by Gasteiger charge is -2.24. The number of rotatable bonds is 8. The first-order valence-electron chi connectivity index (χ1n) is 9.51. The summed E-state index contributed by atoms with van der Waals surface area (Å²) in [6.45, 7) is 12.0. The van der Waals surface area contributed by atoms with Crippen LogP contribution in [0.25, 0.3) is 0 Å². The molecule has 0 aliphatic heterocycles. The number of nitrogens with two attached hydrogens (primary N) is 2. The third-order valence-corrected chi connectivity index (χ3v) is 5.71. The number of hydrogen-bond donors (Lipinski definition) is 2. The first kappa shape index (κ1) is 35.0. The summed E-state index contributed by atoms with van der Waals surface area (Å²) in [7, 11) is 0. The Kier molecular flexibility index (Phi) is 18.1. The van der Waals surface area contributed by atoms with Crippen LogP contribution in [0, 0.1) is 0 Å². The first-order valence-corrected chi connectivity index (χ1v) is 10.3. The third kappa shape index (κ3) is 8.34. The summed E-state index contributed by atoms with van der Waals surface area (Å²) in [5.74, 6) is 0. The molecule has 31 heavy (non-hydrogen) atoms. The normalized spacial score (nSPS) is 9.48. The minimum absolute atomic E-state index is 0. The molecule has 0 unspecified atom stereocenters. The van der Waals surface area contributed by atoms with Crippen molar-refractivity contribution in [2.45, 2.75) is 34.1 Å². The van der Waals surface area contributed by atoms with Crippen molar-refractivity contribution in [1.82, 2.24) is 0 Å². The standard InChI is InChI=1S/C21H30Cl2N4.4ClH/c1-5-26(6-2)14-9-18(22)16(20(24)11-14)13-17-19(23)10-15(12-21(17)25)27(7-3)8-4;;;;/h9-12H,5-8,13,24-25H2,1-4H3;4*1H. The Hall–Kier alpha value is -0.620. The van der Waals surface area contributed by atoms with Gasteiger partial charge >= 0.3 is 0 Å². The van der Waals surface area contributed by atoms with Crippen LogP contribution in [0.3, 0.4) is 0 Å². The van der Waals surface area contributed by atoms with E-state index in [2.05, 4.69) is 37.5 Å². The molecule has 0 amide bonds. The van der Waals surface area contributed by atoms with Crippen molar-refractivity contribution in [3.8, 4) is 0 Å². The molecule has 0 fully saturated rings. The Morgan fingerprint density at radius 2 is 0.903 bits per heavy atom. The van der Waals surface area contributed by atoms with Gasteiger partial charge in [-0.05, 0) is 63.1 Å². The Morgan fingerprint density at radius 1 is 0.613 bits per heavy atom. The molecule has 0 bridgehead atoms. The third-order valence-electron chi connectivity index (χ3n) is 5.04. The van der Waals surface area contributed by atoms with Crippen LogP contribution in [0.15, 0.2) is 24.3 Å². The van der Waals surface area contributed by atoms with Gasteiger partial charge < -0.3 is 21.3 Å². The average Bonchev–Trinajstić information content (AvgIpc) is 2.62. The molecule has 0 aliphatic carbocycles. The minimum atomic E-state index is 0. The molecule has 10 heteroatoms. The maximum atomic E-state index is 6.58. The molecule has 0 aliphatic rings. The highest BCUT2D eigenvalue weighted by molar-refractivity contribution is 6.33. The van der Waals surface area contributed by atoms with Gasteiger partial charge in [-0.1, -0.05) is 23.2 Å². The van der Waals surface area contributed by atoms with E-state index in [0.717, 1.165) is 48.7 Å². The van der Waals surface area contributed by atoms with Crippen molar-refractivity contribution in [2.75, 3.05) is 47.4 Å². The summed E-state index contributed by atoms with van der Waals surface area (Å²) in [4.78, 5) is 4.43. The quantitative estimate of drug-likeness (QED) is 0.341. The number of anilines is 4. The predicted molar refractivity (Wildman–Crippen MR) is 151 cm³/mol. The second kappa shape index (κ2) is 16.1. The molecule has 2 aromatic rings. The molecule has 2 rings (SSSR count). The zero-order chi connectivity index (χ0) is 20.1. The molecule has 4 N–H and O–H groups in total. The van der Waals surface area contributed by atoms with Gasteiger partial charge in [-0.15, -0.1) is 49.6 Å². The van der Waals surface area contributed by atoms with Crippen LogP contribution in [0.1, 0.15) is 38.8 Å². The van der Waals surface area contributed by atoms with E-state index in [-0.39, 0.29) is 49.6 Å². The fraction of sp³-hybridized carbons (Fsp3) is 0.429. The summed E-state index contributed by atoms with van der Waals surface area (Å²) in [6.07, 6.45) is 0.506. The fourth-order valence-electron chi connectivity index (χ4n) is 3.38. The lowest BCUT2D eigenvalue weighted by atomic mass is 10.00. The second-order valence-corrected chi connectivity index (χ2v) is 7.33. The van der Waals surface area contributed by atoms with E-state index in [1.165, 1.54) is 0 Å². The zero-order valence-electron chi connectivity index (χ0n) is 18.3. The van der Waals surface area contributed by atoms with E-state index in [4.69, 9.17) is 34.7 Å². The fourth-order valence-corrected chi connectivity index (χ4v) is 3.95. The largest absolute Gasteiger partial charge is 0.398 e. The topological polar surface area (TPSA) is 58.5 Å². The number of nitrogen functional groups attached to an aromatic ring is 2. The molecule has 0 radical (unpaired) electrons. The highest BCUT2D eigenvalue weighted by Crippen LogP contribution is 2.36. The van der Waals surface area contributed by atoms with Gasteiger partial charge in [-0.25, -0.2) is 0 Å². The predicted octanol–water partition coefficient (Wildman–Crippen LogP) is 7.13. The van der Waals surface area contributed by atoms with Crippen LogP contribution in [0.2, 0.25) is 10.0 Å². The molecule has 2 aromatic carbocycles. The van der Waals surface area contributed by atoms with Gasteiger partial charge in [0.25, 0.3) is 0 Å². The van der Waals surface area contributed by atoms with Gasteiger partial charge in [0.2, 0.25) is 0 Å². The number of halogens is 6. The smallest absolute Gasteiger partial charge is 0.0482 e. The number of hydrogen-bond acceptors (Lipinski definition) is 4. The molecular formula is C21H34Cl6N4. The Bertz CT molecular complexity index is 684. The molecule has 0 heterocycles. The van der Waals surface area contributed by atoms with E-state index >= 15 is 0 Å². The lowest BCUT2D eigenvalue weighted by Crippen LogP contribution is -2.22. The highest BCUT2D eigenvalue weighted by Gasteiger charge is 2.16. The van der Waals surface area contributed by atoms with E-state index in [0.29, 0.717) is 27.8 Å². The van der Waals surface area contributed by atoms with E-state index in [1.54, 1.807) is 0 Å². The molecule has 0 saturated heterocycles. The average molecular weight is 555 g/mol. The number of nitrogens with zero attached hydrogens (tertiary/aromatic N) is 2. The van der Waals surface area contributed by atoms with Crippen LogP contribution >= 0.6 is 72.8 Å². The summed E-state index contributed by atoms with van der Waals surface area (Å²) >= 11 is 13.2. The molecule has 0 aromatic heterocycles. The first-order chi connectivity index (χ1) is 12.9. The summed E-state index contributed by atoms with van der Waals surface area (Å²) in [5, 5.41) is 1.28. The van der Waals surface area contributed by atoms with Crippen LogP contribution in [0.5, 0.6) is 0 Å². The van der Waals surface area contributed by atoms with Gasteiger partial charge in [0.05, 0.1) is 0 Å². The summed E-state index contributed by atoms with van der Waals surface area (Å²) < 4.78 is 0. The van der Waals surface area contributed by atoms with Crippen molar-refractivity contribution in [2.24, 2.45) is 0 Å². The Morgan fingerprint density at radius 3 is 1.13 bits per heavy atom. The van der Waals surface area contributed by atoms with Gasteiger partial charge in [0.15, 0.2) is 0 Å². The van der Waals surface area contributed by atoms with Crippen LogP contribution in [0.4, 0.5) is 22.7 Å². The summed E-state index contributed by atoms with van der Waals surface area (Å²) in [5.41, 5.74) is 17.8. The molecule has 4 nitrogen and oxygen atoms in total. The molecule has 0 spiro atoms. The van der Waals surface area contributed by atoms with Crippen LogP contribution in [-0.2, 0) is 6.42 Å². The van der Waals surface area contributed by atoms with Crippen LogP contribution in [-0.4, -0.2) is 26.2 Å². The van der Waals surface area contributed by atoms with Gasteiger partial charge in [-0.3, -0.25) is 0 Å². The van der Waals surface area contributed by atoms with Crippen molar-refractivity contribution in [1.29, 1.82) is 0 Å². The molecular weight excluding hydrogens is 521 g/mol. The minimum Gasteiger partial charge on any atom is -0.398 e. The van der Waals surface area contributed by atoms with Crippen molar-refractivity contribution in [3.63, 3.8) is 0 Å². The Balaban J connectivity index is -0.00000196. The zero-order valence-corrected chi connectivity index (χ0v) is 23.1. The van der Waals surface area contributed by atoms with Gasteiger partial charge in [-0.2, -0.15) is 0 Å². The maximum Gasteiger partial charge on any atom is 0.0482 e. The summed E-state index contributed by atoms with van der Waals surface area (Å²) in [6, 6.07) is 7.88. The SMILES string of the molecule is CCN(CC)c1cc(N)c(Cc2c(N)cc(N(CC)CC)cc2Cl)c(Cl)c1.Cl.Cl.Cl.Cl. The van der Waals surface area contributed by atoms with E-state index in [1.807, 2.05) is 24.3 Å². The highest BCUT2D eigenvalue weighted by atomic mass is 35.5. The lowest BCUT2D eigenvalue weighted by molar-refractivity contribution is 0.865. The molecule has 0 saturated carbocycles. The number of benzene rings is 2. The van der Waals surface area contributed by atoms with E-state index in [9.17, 15) is 0 Å².